The van der Waals surface area contributed by atoms with Gasteiger partial charge in [0.05, 0.1) is 11.6 Å². The summed E-state index contributed by atoms with van der Waals surface area (Å²) in [5.74, 6) is 0.677. The molecule has 2 rings (SSSR count). The summed E-state index contributed by atoms with van der Waals surface area (Å²) in [5.41, 5.74) is 0.640. The number of carbonyl (C=O) groups is 1. The van der Waals surface area contributed by atoms with Gasteiger partial charge in [0, 0.05) is 18.2 Å². The van der Waals surface area contributed by atoms with E-state index < -0.39 is 0 Å². The molecule has 1 aromatic carbocycles. The molecule has 18 heavy (non-hydrogen) atoms. The molecule has 0 aliphatic carbocycles. The summed E-state index contributed by atoms with van der Waals surface area (Å²) in [6.45, 7) is 1.73. The van der Waals surface area contributed by atoms with Crippen molar-refractivity contribution in [2.75, 3.05) is 20.2 Å². The van der Waals surface area contributed by atoms with E-state index in [1.54, 1.807) is 25.3 Å². The van der Waals surface area contributed by atoms with Gasteiger partial charge in [-0.05, 0) is 53.5 Å². The Morgan fingerprint density at radius 2 is 2.44 bits per heavy atom. The molecule has 1 amide bonds. The standard InChI is InChI=1S/C13H17BrN2O2/c1-18-12-5-4-9(7-11(12)14)13(17)16-8-10-3-2-6-15-10/h4-5,7,10,15H,2-3,6,8H2,1H3,(H,16,17). The van der Waals surface area contributed by atoms with Crippen LogP contribution in [0.4, 0.5) is 0 Å². The van der Waals surface area contributed by atoms with Crippen LogP contribution in [-0.4, -0.2) is 32.1 Å². The first-order valence-electron chi connectivity index (χ1n) is 6.06. The SMILES string of the molecule is COc1ccc(C(=O)NCC2CCCN2)cc1Br. The van der Waals surface area contributed by atoms with Crippen molar-refractivity contribution < 1.29 is 9.53 Å². The minimum atomic E-state index is -0.0490. The van der Waals surface area contributed by atoms with E-state index in [0.717, 1.165) is 23.2 Å². The Morgan fingerprint density at radius 1 is 1.61 bits per heavy atom. The molecule has 1 atom stereocenters. The van der Waals surface area contributed by atoms with E-state index in [2.05, 4.69) is 26.6 Å². The first kappa shape index (κ1) is 13.4. The van der Waals surface area contributed by atoms with E-state index in [0.29, 0.717) is 18.2 Å². The minimum Gasteiger partial charge on any atom is -0.496 e. The predicted molar refractivity (Wildman–Crippen MR) is 74.1 cm³/mol. The molecule has 98 valence electrons. The van der Waals surface area contributed by atoms with Crippen molar-refractivity contribution >= 4 is 21.8 Å². The van der Waals surface area contributed by atoms with Gasteiger partial charge >= 0.3 is 0 Å². The molecule has 1 aromatic rings. The Labute approximate surface area is 115 Å². The van der Waals surface area contributed by atoms with Crippen molar-refractivity contribution in [3.63, 3.8) is 0 Å². The fourth-order valence-corrected chi connectivity index (χ4v) is 2.60. The summed E-state index contributed by atoms with van der Waals surface area (Å²) in [5, 5.41) is 6.29. The predicted octanol–water partition coefficient (Wildman–Crippen LogP) is 1.94. The van der Waals surface area contributed by atoms with E-state index in [1.807, 2.05) is 0 Å². The second-order valence-corrected chi connectivity index (χ2v) is 5.21. The lowest BCUT2D eigenvalue weighted by molar-refractivity contribution is 0.0950. The number of rotatable bonds is 4. The van der Waals surface area contributed by atoms with Crippen LogP contribution in [-0.2, 0) is 0 Å². The van der Waals surface area contributed by atoms with Crippen LogP contribution in [0.15, 0.2) is 22.7 Å². The number of ether oxygens (including phenoxy) is 1. The number of halogens is 1. The van der Waals surface area contributed by atoms with E-state index >= 15 is 0 Å². The van der Waals surface area contributed by atoms with Crippen LogP contribution in [0.2, 0.25) is 0 Å². The van der Waals surface area contributed by atoms with Gasteiger partial charge in [0.2, 0.25) is 0 Å². The number of nitrogens with one attached hydrogen (secondary N) is 2. The topological polar surface area (TPSA) is 50.4 Å². The Bertz CT molecular complexity index is 431. The highest BCUT2D eigenvalue weighted by molar-refractivity contribution is 9.10. The summed E-state index contributed by atoms with van der Waals surface area (Å²) in [4.78, 5) is 12.0. The highest BCUT2D eigenvalue weighted by Crippen LogP contribution is 2.25. The Hall–Kier alpha value is -1.07. The lowest BCUT2D eigenvalue weighted by Crippen LogP contribution is -2.37. The van der Waals surface area contributed by atoms with Crippen molar-refractivity contribution in [2.24, 2.45) is 0 Å². The summed E-state index contributed by atoms with van der Waals surface area (Å²) in [6, 6.07) is 5.74. The summed E-state index contributed by atoms with van der Waals surface area (Å²) in [7, 11) is 1.60. The first-order valence-corrected chi connectivity index (χ1v) is 6.85. The second kappa shape index (κ2) is 6.20. The molecule has 5 heteroatoms. The molecule has 1 unspecified atom stereocenters. The van der Waals surface area contributed by atoms with Crippen LogP contribution >= 0.6 is 15.9 Å². The highest BCUT2D eigenvalue weighted by Gasteiger charge is 2.15. The first-order chi connectivity index (χ1) is 8.70. The summed E-state index contributed by atoms with van der Waals surface area (Å²) in [6.07, 6.45) is 2.32. The lowest BCUT2D eigenvalue weighted by atomic mass is 10.2. The molecule has 0 bridgehead atoms. The number of methoxy groups -OCH3 is 1. The molecule has 1 aliphatic heterocycles. The maximum Gasteiger partial charge on any atom is 0.251 e. The van der Waals surface area contributed by atoms with Crippen LogP contribution in [0.25, 0.3) is 0 Å². The lowest BCUT2D eigenvalue weighted by Gasteiger charge is -2.12. The van der Waals surface area contributed by atoms with E-state index in [9.17, 15) is 4.79 Å². The molecule has 2 N–H and O–H groups in total. The van der Waals surface area contributed by atoms with Gasteiger partial charge in [-0.15, -0.1) is 0 Å². The maximum absolute atomic E-state index is 12.0. The van der Waals surface area contributed by atoms with Crippen molar-refractivity contribution in [3.05, 3.63) is 28.2 Å². The average molecular weight is 313 g/mol. The zero-order valence-corrected chi connectivity index (χ0v) is 11.9. The quantitative estimate of drug-likeness (QED) is 0.893. The largest absolute Gasteiger partial charge is 0.496 e. The van der Waals surface area contributed by atoms with Gasteiger partial charge < -0.3 is 15.4 Å². The van der Waals surface area contributed by atoms with Crippen LogP contribution in [0.1, 0.15) is 23.2 Å². The molecule has 1 saturated heterocycles. The van der Waals surface area contributed by atoms with Crippen molar-refractivity contribution in [1.29, 1.82) is 0 Å². The fourth-order valence-electron chi connectivity index (χ4n) is 2.06. The molecule has 0 radical (unpaired) electrons. The van der Waals surface area contributed by atoms with E-state index in [4.69, 9.17) is 4.74 Å². The molecule has 0 saturated carbocycles. The maximum atomic E-state index is 12.0. The van der Waals surface area contributed by atoms with Crippen LogP contribution in [0, 0.1) is 0 Å². The monoisotopic (exact) mass is 312 g/mol. The third-order valence-corrected chi connectivity index (χ3v) is 3.71. The average Bonchev–Trinajstić information content (AvgIpc) is 2.89. The number of hydrogen-bond donors (Lipinski definition) is 2. The third kappa shape index (κ3) is 3.23. The van der Waals surface area contributed by atoms with Crippen LogP contribution < -0.4 is 15.4 Å². The van der Waals surface area contributed by atoms with Crippen LogP contribution in [0.5, 0.6) is 5.75 Å². The molecular weight excluding hydrogens is 296 g/mol. The van der Waals surface area contributed by atoms with Crippen LogP contribution in [0.3, 0.4) is 0 Å². The highest BCUT2D eigenvalue weighted by atomic mass is 79.9. The molecule has 0 aromatic heterocycles. The molecular formula is C13H17BrN2O2. The van der Waals surface area contributed by atoms with Crippen molar-refractivity contribution in [2.45, 2.75) is 18.9 Å². The Kier molecular flexibility index (Phi) is 4.60. The summed E-state index contributed by atoms with van der Waals surface area (Å²) < 4.78 is 5.92. The van der Waals surface area contributed by atoms with E-state index in [1.165, 1.54) is 6.42 Å². The second-order valence-electron chi connectivity index (χ2n) is 4.35. The van der Waals surface area contributed by atoms with Gasteiger partial charge in [-0.1, -0.05) is 0 Å². The van der Waals surface area contributed by atoms with Gasteiger partial charge in [0.1, 0.15) is 5.75 Å². The van der Waals surface area contributed by atoms with E-state index in [-0.39, 0.29) is 5.91 Å². The normalized spacial score (nSPS) is 18.7. The zero-order valence-electron chi connectivity index (χ0n) is 10.3. The molecule has 0 spiro atoms. The van der Waals surface area contributed by atoms with Gasteiger partial charge in [-0.25, -0.2) is 0 Å². The number of carbonyl (C=O) groups excluding carboxylic acids is 1. The van der Waals surface area contributed by atoms with Crippen molar-refractivity contribution in [1.82, 2.24) is 10.6 Å². The molecule has 1 fully saturated rings. The molecule has 1 heterocycles. The Morgan fingerprint density at radius 3 is 3.06 bits per heavy atom. The zero-order chi connectivity index (χ0) is 13.0. The number of benzene rings is 1. The molecule has 4 nitrogen and oxygen atoms in total. The number of hydrogen-bond acceptors (Lipinski definition) is 3. The smallest absolute Gasteiger partial charge is 0.251 e. The third-order valence-electron chi connectivity index (χ3n) is 3.09. The molecule has 1 aliphatic rings. The van der Waals surface area contributed by atoms with Gasteiger partial charge in [0.25, 0.3) is 5.91 Å². The number of amides is 1. The van der Waals surface area contributed by atoms with Gasteiger partial charge in [-0.3, -0.25) is 4.79 Å². The van der Waals surface area contributed by atoms with Gasteiger partial charge in [-0.2, -0.15) is 0 Å². The van der Waals surface area contributed by atoms with Gasteiger partial charge in [0.15, 0.2) is 0 Å². The van der Waals surface area contributed by atoms with Crippen molar-refractivity contribution in [3.8, 4) is 5.75 Å². The minimum absolute atomic E-state index is 0.0490. The summed E-state index contributed by atoms with van der Waals surface area (Å²) >= 11 is 3.38. The fraction of sp³-hybridized carbons (Fsp3) is 0.462. The Balaban J connectivity index is 1.93.